The summed E-state index contributed by atoms with van der Waals surface area (Å²) >= 11 is 0. The number of nitrogens with one attached hydrogen (secondary N) is 1. The Morgan fingerprint density at radius 2 is 1.95 bits per heavy atom. The van der Waals surface area contributed by atoms with Crippen molar-refractivity contribution in [1.29, 1.82) is 5.26 Å². The first-order valence-electron chi connectivity index (χ1n) is 6.88. The van der Waals surface area contributed by atoms with Crippen LogP contribution < -0.4 is 14.8 Å². The largest absolute Gasteiger partial charge is 0.497 e. The predicted octanol–water partition coefficient (Wildman–Crippen LogP) is 3.13. The molecule has 4 heteroatoms. The van der Waals surface area contributed by atoms with Gasteiger partial charge in [-0.05, 0) is 39.8 Å². The van der Waals surface area contributed by atoms with Gasteiger partial charge in [0.25, 0.3) is 0 Å². The Hall–Kier alpha value is -1.73. The molecule has 0 radical (unpaired) electrons. The van der Waals surface area contributed by atoms with Crippen LogP contribution in [-0.4, -0.2) is 24.8 Å². The number of hydrogen-bond acceptors (Lipinski definition) is 4. The molecule has 110 valence electrons. The molecule has 2 atom stereocenters. The summed E-state index contributed by atoms with van der Waals surface area (Å²) in [5.74, 6) is 1.51. The monoisotopic (exact) mass is 276 g/mol. The summed E-state index contributed by atoms with van der Waals surface area (Å²) in [5, 5.41) is 12.6. The van der Waals surface area contributed by atoms with Gasteiger partial charge in [0, 0.05) is 18.5 Å². The second-order valence-corrected chi connectivity index (χ2v) is 5.55. The van der Waals surface area contributed by atoms with Gasteiger partial charge in [-0.3, -0.25) is 5.32 Å². The number of benzene rings is 1. The maximum atomic E-state index is 9.34. The van der Waals surface area contributed by atoms with Crippen molar-refractivity contribution in [3.63, 3.8) is 0 Å². The lowest BCUT2D eigenvalue weighted by molar-refractivity contribution is 0.176. The van der Waals surface area contributed by atoms with Gasteiger partial charge < -0.3 is 9.47 Å². The minimum Gasteiger partial charge on any atom is -0.497 e. The fourth-order valence-corrected chi connectivity index (χ4v) is 2.30. The quantitative estimate of drug-likeness (QED) is 0.831. The molecule has 1 N–H and O–H groups in total. The summed E-state index contributed by atoms with van der Waals surface area (Å²) in [6.45, 7) is 7.93. The Morgan fingerprint density at radius 3 is 2.50 bits per heavy atom. The zero-order chi connectivity index (χ0) is 15.2. The van der Waals surface area contributed by atoms with Gasteiger partial charge in [-0.2, -0.15) is 5.26 Å². The predicted molar refractivity (Wildman–Crippen MR) is 80.0 cm³/mol. The lowest BCUT2D eigenvalue weighted by Crippen LogP contribution is -2.47. The van der Waals surface area contributed by atoms with Crippen LogP contribution in [0.3, 0.4) is 0 Å². The summed E-state index contributed by atoms with van der Waals surface area (Å²) in [4.78, 5) is 0. The first-order chi connectivity index (χ1) is 9.38. The smallest absolute Gasteiger partial charge is 0.123 e. The van der Waals surface area contributed by atoms with E-state index in [2.05, 4.69) is 11.4 Å². The zero-order valence-electron chi connectivity index (χ0n) is 12.9. The summed E-state index contributed by atoms with van der Waals surface area (Å²) in [6, 6.07) is 10.1. The van der Waals surface area contributed by atoms with Crippen molar-refractivity contribution < 1.29 is 9.47 Å². The molecule has 0 heterocycles. The topological polar surface area (TPSA) is 54.3 Å². The van der Waals surface area contributed by atoms with E-state index in [0.29, 0.717) is 6.42 Å². The van der Waals surface area contributed by atoms with E-state index in [1.807, 2.05) is 52.0 Å². The van der Waals surface area contributed by atoms with Crippen molar-refractivity contribution >= 4 is 0 Å². The minimum atomic E-state index is -0.591. The number of nitriles is 1. The van der Waals surface area contributed by atoms with Gasteiger partial charge >= 0.3 is 0 Å². The van der Waals surface area contributed by atoms with Gasteiger partial charge in [-0.25, -0.2) is 0 Å². The minimum absolute atomic E-state index is 0.0713. The Bertz CT molecular complexity index is 468. The van der Waals surface area contributed by atoms with Crippen LogP contribution >= 0.6 is 0 Å². The molecule has 0 saturated carbocycles. The lowest BCUT2D eigenvalue weighted by Gasteiger charge is -2.29. The van der Waals surface area contributed by atoms with E-state index in [1.165, 1.54) is 0 Å². The van der Waals surface area contributed by atoms with Crippen LogP contribution in [0.2, 0.25) is 0 Å². The van der Waals surface area contributed by atoms with E-state index >= 15 is 0 Å². The average Bonchev–Trinajstić information content (AvgIpc) is 2.37. The molecule has 0 aliphatic carbocycles. The second-order valence-electron chi connectivity index (χ2n) is 5.55. The Balaban J connectivity index is 2.66. The molecule has 1 aromatic rings. The molecular weight excluding hydrogens is 252 g/mol. The van der Waals surface area contributed by atoms with E-state index < -0.39 is 5.54 Å². The van der Waals surface area contributed by atoms with Crippen molar-refractivity contribution in [2.24, 2.45) is 0 Å². The third-order valence-electron chi connectivity index (χ3n) is 2.93. The molecule has 20 heavy (non-hydrogen) atoms. The molecule has 1 aromatic carbocycles. The SMILES string of the molecule is COc1cccc(OC(C)CC(C)(C#N)NC(C)C)c1. The van der Waals surface area contributed by atoms with Crippen LogP contribution in [0.5, 0.6) is 11.5 Å². The van der Waals surface area contributed by atoms with Crippen molar-refractivity contribution in [2.45, 2.75) is 51.8 Å². The maximum absolute atomic E-state index is 9.34. The van der Waals surface area contributed by atoms with E-state index in [1.54, 1.807) is 7.11 Å². The third kappa shape index (κ3) is 5.10. The molecule has 0 aliphatic rings. The summed E-state index contributed by atoms with van der Waals surface area (Å²) < 4.78 is 11.0. The normalized spacial score (nSPS) is 15.2. The summed E-state index contributed by atoms with van der Waals surface area (Å²) in [5.41, 5.74) is -0.591. The fraction of sp³-hybridized carbons (Fsp3) is 0.562. The molecule has 0 aliphatic heterocycles. The standard InChI is InChI=1S/C16H24N2O2/c1-12(2)18-16(4,11-17)10-13(3)20-15-8-6-7-14(9-15)19-5/h6-9,12-13,18H,10H2,1-5H3. The molecule has 4 nitrogen and oxygen atoms in total. The highest BCUT2D eigenvalue weighted by Crippen LogP contribution is 2.22. The number of methoxy groups -OCH3 is 1. The molecule has 0 aromatic heterocycles. The van der Waals surface area contributed by atoms with E-state index in [9.17, 15) is 5.26 Å². The van der Waals surface area contributed by atoms with Gasteiger partial charge in [0.15, 0.2) is 0 Å². The van der Waals surface area contributed by atoms with Crippen LogP contribution in [0.4, 0.5) is 0 Å². The summed E-state index contributed by atoms with van der Waals surface area (Å²) in [6.07, 6.45) is 0.539. The van der Waals surface area contributed by atoms with E-state index in [0.717, 1.165) is 11.5 Å². The number of ether oxygens (including phenoxy) is 2. The molecule has 0 bridgehead atoms. The summed E-state index contributed by atoms with van der Waals surface area (Å²) in [7, 11) is 1.63. The van der Waals surface area contributed by atoms with Gasteiger partial charge in [0.2, 0.25) is 0 Å². The molecule has 0 saturated heterocycles. The fourth-order valence-electron chi connectivity index (χ4n) is 2.30. The van der Waals surface area contributed by atoms with Crippen LogP contribution in [0.25, 0.3) is 0 Å². The zero-order valence-corrected chi connectivity index (χ0v) is 12.9. The molecule has 0 fully saturated rings. The van der Waals surface area contributed by atoms with Crippen LogP contribution in [-0.2, 0) is 0 Å². The molecule has 2 unspecified atom stereocenters. The van der Waals surface area contributed by atoms with E-state index in [-0.39, 0.29) is 12.1 Å². The Kier molecular flexibility index (Phi) is 5.84. The van der Waals surface area contributed by atoms with Crippen molar-refractivity contribution in [1.82, 2.24) is 5.32 Å². The molecular formula is C16H24N2O2. The first-order valence-corrected chi connectivity index (χ1v) is 6.88. The number of rotatable bonds is 7. The highest BCUT2D eigenvalue weighted by Gasteiger charge is 2.27. The number of nitrogens with zero attached hydrogens (tertiary/aromatic N) is 1. The third-order valence-corrected chi connectivity index (χ3v) is 2.93. The van der Waals surface area contributed by atoms with E-state index in [4.69, 9.17) is 9.47 Å². The van der Waals surface area contributed by atoms with Gasteiger partial charge in [-0.1, -0.05) is 6.07 Å². The van der Waals surface area contributed by atoms with Crippen LogP contribution in [0.15, 0.2) is 24.3 Å². The first kappa shape index (κ1) is 16.3. The molecule has 0 amide bonds. The lowest BCUT2D eigenvalue weighted by atomic mass is 9.95. The molecule has 0 spiro atoms. The molecule has 1 rings (SSSR count). The van der Waals surface area contributed by atoms with Gasteiger partial charge in [-0.15, -0.1) is 0 Å². The van der Waals surface area contributed by atoms with Crippen molar-refractivity contribution in [3.8, 4) is 17.6 Å². The highest BCUT2D eigenvalue weighted by atomic mass is 16.5. The second kappa shape index (κ2) is 7.16. The van der Waals surface area contributed by atoms with Crippen molar-refractivity contribution in [3.05, 3.63) is 24.3 Å². The number of hydrogen-bond donors (Lipinski definition) is 1. The Labute approximate surface area is 121 Å². The Morgan fingerprint density at radius 1 is 1.30 bits per heavy atom. The average molecular weight is 276 g/mol. The van der Waals surface area contributed by atoms with Crippen molar-refractivity contribution in [2.75, 3.05) is 7.11 Å². The maximum Gasteiger partial charge on any atom is 0.123 e. The van der Waals surface area contributed by atoms with Gasteiger partial charge in [0.05, 0.1) is 19.3 Å². The van der Waals surface area contributed by atoms with Gasteiger partial charge in [0.1, 0.15) is 17.0 Å². The van der Waals surface area contributed by atoms with Crippen LogP contribution in [0, 0.1) is 11.3 Å². The van der Waals surface area contributed by atoms with Crippen LogP contribution in [0.1, 0.15) is 34.1 Å². The highest BCUT2D eigenvalue weighted by molar-refractivity contribution is 5.33.